The number of hydrogen-bond donors (Lipinski definition) is 3. The number of anilines is 1. The molecule has 0 radical (unpaired) electrons. The van der Waals surface area contributed by atoms with Gasteiger partial charge >= 0.3 is 5.97 Å². The maximum atomic E-state index is 10.9. The van der Waals surface area contributed by atoms with Gasteiger partial charge in [0.05, 0.1) is 12.0 Å². The van der Waals surface area contributed by atoms with Crippen LogP contribution in [0.1, 0.15) is 17.5 Å². The molecule has 1 fully saturated rings. The lowest BCUT2D eigenvalue weighted by atomic mass is 9.88. The standard InChI is InChI=1S/C13H18N2O2/c1-9-3-4-11(10(2)5-9)15-13(6-12(16)17)7-14-8-13/h3-5,14-15H,6-8H2,1-2H3,(H,16,17). The van der Waals surface area contributed by atoms with Crippen molar-refractivity contribution in [2.45, 2.75) is 25.8 Å². The van der Waals surface area contributed by atoms with E-state index in [1.807, 2.05) is 19.1 Å². The maximum absolute atomic E-state index is 10.9. The first-order valence-corrected chi connectivity index (χ1v) is 5.79. The summed E-state index contributed by atoms with van der Waals surface area (Å²) >= 11 is 0. The van der Waals surface area contributed by atoms with Gasteiger partial charge in [0, 0.05) is 18.8 Å². The zero-order valence-electron chi connectivity index (χ0n) is 10.2. The largest absolute Gasteiger partial charge is 0.481 e. The molecular formula is C13H18N2O2. The highest BCUT2D eigenvalue weighted by atomic mass is 16.4. The summed E-state index contributed by atoms with van der Waals surface area (Å²) in [6.07, 6.45) is 0.146. The van der Waals surface area contributed by atoms with Crippen LogP contribution in [0.2, 0.25) is 0 Å². The van der Waals surface area contributed by atoms with Crippen molar-refractivity contribution in [3.63, 3.8) is 0 Å². The number of hydrogen-bond acceptors (Lipinski definition) is 3. The van der Waals surface area contributed by atoms with Crippen LogP contribution < -0.4 is 10.6 Å². The van der Waals surface area contributed by atoms with Crippen LogP contribution in [0.3, 0.4) is 0 Å². The molecule has 0 aliphatic carbocycles. The van der Waals surface area contributed by atoms with Crippen molar-refractivity contribution in [2.75, 3.05) is 18.4 Å². The number of nitrogens with one attached hydrogen (secondary N) is 2. The molecule has 1 aromatic carbocycles. The molecule has 2 rings (SSSR count). The third-order valence-corrected chi connectivity index (χ3v) is 3.20. The molecule has 0 unspecified atom stereocenters. The molecule has 0 bridgehead atoms. The van der Waals surface area contributed by atoms with Gasteiger partial charge in [-0.2, -0.15) is 0 Å². The molecule has 0 saturated carbocycles. The van der Waals surface area contributed by atoms with Gasteiger partial charge in [0.2, 0.25) is 0 Å². The lowest BCUT2D eigenvalue weighted by Crippen LogP contribution is -2.65. The number of benzene rings is 1. The van der Waals surface area contributed by atoms with Crippen LogP contribution in [0.4, 0.5) is 5.69 Å². The predicted molar refractivity (Wildman–Crippen MR) is 67.4 cm³/mol. The van der Waals surface area contributed by atoms with Crippen molar-refractivity contribution < 1.29 is 9.90 Å². The van der Waals surface area contributed by atoms with Gasteiger partial charge in [0.15, 0.2) is 0 Å². The van der Waals surface area contributed by atoms with Gasteiger partial charge < -0.3 is 15.7 Å². The molecule has 0 amide bonds. The highest BCUT2D eigenvalue weighted by Gasteiger charge is 2.39. The van der Waals surface area contributed by atoms with Crippen LogP contribution in [0.15, 0.2) is 18.2 Å². The van der Waals surface area contributed by atoms with Crippen LogP contribution in [-0.2, 0) is 4.79 Å². The summed E-state index contributed by atoms with van der Waals surface area (Å²) in [5.74, 6) is -0.760. The average Bonchev–Trinajstić information content (AvgIpc) is 2.18. The molecule has 0 spiro atoms. The maximum Gasteiger partial charge on any atom is 0.305 e. The van der Waals surface area contributed by atoms with Crippen LogP contribution in [0.25, 0.3) is 0 Å². The molecule has 1 aliphatic rings. The van der Waals surface area contributed by atoms with Crippen molar-refractivity contribution in [3.05, 3.63) is 29.3 Å². The fraction of sp³-hybridized carbons (Fsp3) is 0.462. The number of rotatable bonds is 4. The molecule has 1 heterocycles. The SMILES string of the molecule is Cc1ccc(NC2(CC(=O)O)CNC2)c(C)c1. The minimum absolute atomic E-state index is 0.146. The average molecular weight is 234 g/mol. The smallest absolute Gasteiger partial charge is 0.305 e. The van der Waals surface area contributed by atoms with E-state index in [0.29, 0.717) is 13.1 Å². The van der Waals surface area contributed by atoms with Gasteiger partial charge in [-0.15, -0.1) is 0 Å². The fourth-order valence-corrected chi connectivity index (χ4v) is 2.21. The molecule has 1 aliphatic heterocycles. The fourth-order valence-electron chi connectivity index (χ4n) is 2.21. The molecule has 4 nitrogen and oxygen atoms in total. The monoisotopic (exact) mass is 234 g/mol. The van der Waals surface area contributed by atoms with E-state index in [0.717, 1.165) is 11.3 Å². The van der Waals surface area contributed by atoms with Crippen LogP contribution >= 0.6 is 0 Å². The highest BCUT2D eigenvalue weighted by molar-refractivity contribution is 5.70. The molecule has 1 saturated heterocycles. The zero-order chi connectivity index (χ0) is 12.5. The molecular weight excluding hydrogens is 216 g/mol. The Morgan fingerprint density at radius 3 is 2.65 bits per heavy atom. The second-order valence-corrected chi connectivity index (χ2v) is 4.90. The van der Waals surface area contributed by atoms with Crippen molar-refractivity contribution in [1.29, 1.82) is 0 Å². The number of carbonyl (C=O) groups is 1. The van der Waals surface area contributed by atoms with E-state index in [1.165, 1.54) is 5.56 Å². The Morgan fingerprint density at radius 1 is 1.47 bits per heavy atom. The summed E-state index contributed by atoms with van der Waals surface area (Å²) in [5.41, 5.74) is 3.07. The molecule has 3 N–H and O–H groups in total. The molecule has 4 heteroatoms. The van der Waals surface area contributed by atoms with Crippen molar-refractivity contribution in [2.24, 2.45) is 0 Å². The topological polar surface area (TPSA) is 61.4 Å². The zero-order valence-corrected chi connectivity index (χ0v) is 10.2. The van der Waals surface area contributed by atoms with Gasteiger partial charge in [0.25, 0.3) is 0 Å². The summed E-state index contributed by atoms with van der Waals surface area (Å²) in [7, 11) is 0. The van der Waals surface area contributed by atoms with E-state index in [2.05, 4.69) is 23.6 Å². The van der Waals surface area contributed by atoms with Gasteiger partial charge in [-0.3, -0.25) is 4.79 Å². The van der Waals surface area contributed by atoms with E-state index in [9.17, 15) is 4.79 Å². The van der Waals surface area contributed by atoms with Crippen LogP contribution in [0.5, 0.6) is 0 Å². The molecule has 0 atom stereocenters. The molecule has 0 aromatic heterocycles. The summed E-state index contributed by atoms with van der Waals surface area (Å²) in [5, 5.41) is 15.4. The normalized spacial score (nSPS) is 17.3. The first-order chi connectivity index (χ1) is 8.01. The minimum atomic E-state index is -0.760. The molecule has 17 heavy (non-hydrogen) atoms. The van der Waals surface area contributed by atoms with Gasteiger partial charge in [-0.1, -0.05) is 17.7 Å². The summed E-state index contributed by atoms with van der Waals surface area (Å²) in [6, 6.07) is 6.16. The Hall–Kier alpha value is -1.55. The number of carboxylic acids is 1. The van der Waals surface area contributed by atoms with Gasteiger partial charge in [-0.05, 0) is 25.5 Å². The predicted octanol–water partition coefficient (Wildman–Crippen LogP) is 1.53. The third kappa shape index (κ3) is 2.58. The summed E-state index contributed by atoms with van der Waals surface area (Å²) < 4.78 is 0. The third-order valence-electron chi connectivity index (χ3n) is 3.20. The lowest BCUT2D eigenvalue weighted by molar-refractivity contribution is -0.138. The van der Waals surface area contributed by atoms with Gasteiger partial charge in [0.1, 0.15) is 0 Å². The number of aliphatic carboxylic acids is 1. The van der Waals surface area contributed by atoms with Crippen molar-refractivity contribution >= 4 is 11.7 Å². The highest BCUT2D eigenvalue weighted by Crippen LogP contribution is 2.25. The second-order valence-electron chi connectivity index (χ2n) is 4.90. The Kier molecular flexibility index (Phi) is 3.07. The van der Waals surface area contributed by atoms with Gasteiger partial charge in [-0.25, -0.2) is 0 Å². The van der Waals surface area contributed by atoms with E-state index >= 15 is 0 Å². The summed E-state index contributed by atoms with van der Waals surface area (Å²) in [4.78, 5) is 10.9. The van der Waals surface area contributed by atoms with Crippen LogP contribution in [0, 0.1) is 13.8 Å². The Balaban J connectivity index is 2.15. The van der Waals surface area contributed by atoms with Crippen molar-refractivity contribution in [3.8, 4) is 0 Å². The number of carboxylic acid groups (broad SMARTS) is 1. The van der Waals surface area contributed by atoms with Crippen molar-refractivity contribution in [1.82, 2.24) is 5.32 Å². The first kappa shape index (κ1) is 11.9. The van der Waals surface area contributed by atoms with E-state index in [1.54, 1.807) is 0 Å². The number of aryl methyl sites for hydroxylation is 2. The minimum Gasteiger partial charge on any atom is -0.481 e. The molecule has 1 aromatic rings. The first-order valence-electron chi connectivity index (χ1n) is 5.79. The Morgan fingerprint density at radius 2 is 2.18 bits per heavy atom. The Bertz CT molecular complexity index is 439. The Labute approximate surface area is 101 Å². The van der Waals surface area contributed by atoms with Crippen LogP contribution in [-0.4, -0.2) is 29.7 Å². The molecule has 92 valence electrons. The lowest BCUT2D eigenvalue weighted by Gasteiger charge is -2.43. The second kappa shape index (κ2) is 4.37. The quantitative estimate of drug-likeness (QED) is 0.739. The summed E-state index contributed by atoms with van der Waals surface area (Å²) in [6.45, 7) is 5.49. The van der Waals surface area contributed by atoms with E-state index in [-0.39, 0.29) is 12.0 Å². The van der Waals surface area contributed by atoms with E-state index in [4.69, 9.17) is 5.11 Å². The van der Waals surface area contributed by atoms with E-state index < -0.39 is 5.97 Å².